The number of carbonyl (C=O) groups is 1. The molecule has 7 nitrogen and oxygen atoms in total. The van der Waals surface area contributed by atoms with E-state index < -0.39 is 0 Å². The first kappa shape index (κ1) is 23.5. The lowest BCUT2D eigenvalue weighted by molar-refractivity contribution is -0.120. The van der Waals surface area contributed by atoms with Gasteiger partial charge in [0.1, 0.15) is 11.5 Å². The maximum atomic E-state index is 13.3. The van der Waals surface area contributed by atoms with Gasteiger partial charge in [-0.15, -0.1) is 0 Å². The fourth-order valence-electron chi connectivity index (χ4n) is 3.74. The molecule has 0 N–H and O–H groups in total. The Morgan fingerprint density at radius 1 is 1.09 bits per heavy atom. The van der Waals surface area contributed by atoms with Crippen LogP contribution in [-0.2, 0) is 9.53 Å². The van der Waals surface area contributed by atoms with Gasteiger partial charge in [0, 0.05) is 26.2 Å². The standard InChI is InChI=1S/C25H31N3O4S/c1-4-31-20-6-8-21(9-7-20)32-17-23(29)28(12-11-27-13-15-30-16-14-27)25-26-24-19(3)18(2)5-10-22(24)33-25/h5-10H,4,11-17H2,1-3H3. The first-order valence-electron chi connectivity index (χ1n) is 11.4. The number of anilines is 1. The van der Waals surface area contributed by atoms with Crippen LogP contribution in [0.2, 0.25) is 0 Å². The van der Waals surface area contributed by atoms with Crippen molar-refractivity contribution in [1.29, 1.82) is 0 Å². The quantitative estimate of drug-likeness (QED) is 0.471. The zero-order valence-electron chi connectivity index (χ0n) is 19.5. The topological polar surface area (TPSA) is 64.1 Å². The molecule has 0 atom stereocenters. The molecule has 0 aliphatic carbocycles. The minimum absolute atomic E-state index is 0.0506. The Hall–Kier alpha value is -2.68. The third kappa shape index (κ3) is 5.82. The summed E-state index contributed by atoms with van der Waals surface area (Å²) in [7, 11) is 0. The minimum Gasteiger partial charge on any atom is -0.494 e. The van der Waals surface area contributed by atoms with E-state index in [2.05, 4.69) is 30.9 Å². The zero-order chi connectivity index (χ0) is 23.2. The summed E-state index contributed by atoms with van der Waals surface area (Å²) in [6, 6.07) is 11.5. The molecule has 33 heavy (non-hydrogen) atoms. The molecule has 2 heterocycles. The summed E-state index contributed by atoms with van der Waals surface area (Å²) in [5, 5.41) is 0.715. The highest BCUT2D eigenvalue weighted by Gasteiger charge is 2.22. The molecule has 0 spiro atoms. The summed E-state index contributed by atoms with van der Waals surface area (Å²) >= 11 is 1.55. The molecule has 3 aromatic rings. The van der Waals surface area contributed by atoms with Gasteiger partial charge in [-0.2, -0.15) is 0 Å². The van der Waals surface area contributed by atoms with Crippen molar-refractivity contribution in [2.75, 3.05) is 57.5 Å². The largest absolute Gasteiger partial charge is 0.494 e. The van der Waals surface area contributed by atoms with E-state index in [1.165, 1.54) is 5.56 Å². The third-order valence-electron chi connectivity index (χ3n) is 5.85. The van der Waals surface area contributed by atoms with Crippen LogP contribution in [0.3, 0.4) is 0 Å². The number of nitrogens with zero attached hydrogens (tertiary/aromatic N) is 3. The van der Waals surface area contributed by atoms with Gasteiger partial charge in [0.25, 0.3) is 5.91 Å². The first-order chi connectivity index (χ1) is 16.0. The third-order valence-corrected chi connectivity index (χ3v) is 6.89. The minimum atomic E-state index is -0.106. The van der Waals surface area contributed by atoms with E-state index >= 15 is 0 Å². The average Bonchev–Trinajstić information content (AvgIpc) is 3.27. The van der Waals surface area contributed by atoms with Crippen molar-refractivity contribution in [2.24, 2.45) is 0 Å². The summed E-state index contributed by atoms with van der Waals surface area (Å²) in [6.07, 6.45) is 0. The van der Waals surface area contributed by atoms with E-state index in [4.69, 9.17) is 19.2 Å². The van der Waals surface area contributed by atoms with Gasteiger partial charge in [0.05, 0.1) is 30.0 Å². The molecule has 0 unspecified atom stereocenters. The van der Waals surface area contributed by atoms with Crippen LogP contribution in [0.5, 0.6) is 11.5 Å². The first-order valence-corrected chi connectivity index (χ1v) is 12.2. The Morgan fingerprint density at radius 2 is 1.79 bits per heavy atom. The van der Waals surface area contributed by atoms with Gasteiger partial charge in [0.15, 0.2) is 11.7 Å². The van der Waals surface area contributed by atoms with Crippen molar-refractivity contribution in [1.82, 2.24) is 9.88 Å². The van der Waals surface area contributed by atoms with Crippen molar-refractivity contribution in [2.45, 2.75) is 20.8 Å². The molecule has 1 fully saturated rings. The normalized spacial score (nSPS) is 14.4. The zero-order valence-corrected chi connectivity index (χ0v) is 20.3. The van der Waals surface area contributed by atoms with Gasteiger partial charge >= 0.3 is 0 Å². The molecule has 8 heteroatoms. The summed E-state index contributed by atoms with van der Waals surface area (Å²) in [4.78, 5) is 22.2. The molecule has 0 saturated carbocycles. The number of benzene rings is 2. The second-order valence-electron chi connectivity index (χ2n) is 8.04. The molecular formula is C25H31N3O4S. The highest BCUT2D eigenvalue weighted by atomic mass is 32.1. The molecule has 4 rings (SSSR count). The number of amides is 1. The average molecular weight is 470 g/mol. The number of morpholine rings is 1. The van der Waals surface area contributed by atoms with Crippen LogP contribution < -0.4 is 14.4 Å². The predicted molar refractivity (Wildman–Crippen MR) is 132 cm³/mol. The Bertz CT molecular complexity index is 1080. The van der Waals surface area contributed by atoms with Crippen LogP contribution in [0.4, 0.5) is 5.13 Å². The summed E-state index contributed by atoms with van der Waals surface area (Å²) in [5.41, 5.74) is 3.32. The highest BCUT2D eigenvalue weighted by Crippen LogP contribution is 2.32. The fraction of sp³-hybridized carbons (Fsp3) is 0.440. The molecule has 2 aromatic carbocycles. The van der Waals surface area contributed by atoms with Crippen LogP contribution in [-0.4, -0.2) is 68.4 Å². The number of aromatic nitrogens is 1. The van der Waals surface area contributed by atoms with E-state index in [-0.39, 0.29) is 12.5 Å². The summed E-state index contributed by atoms with van der Waals surface area (Å²) in [5.74, 6) is 1.31. The van der Waals surface area contributed by atoms with E-state index in [0.717, 1.165) is 54.4 Å². The van der Waals surface area contributed by atoms with E-state index in [9.17, 15) is 4.79 Å². The Morgan fingerprint density at radius 3 is 2.48 bits per heavy atom. The van der Waals surface area contributed by atoms with Crippen LogP contribution in [0.15, 0.2) is 36.4 Å². The smallest absolute Gasteiger partial charge is 0.266 e. The SMILES string of the molecule is CCOc1ccc(OCC(=O)N(CCN2CCOCC2)c2nc3c(C)c(C)ccc3s2)cc1. The summed E-state index contributed by atoms with van der Waals surface area (Å²) < 4.78 is 17.8. The van der Waals surface area contributed by atoms with Crippen molar-refractivity contribution in [3.05, 3.63) is 47.5 Å². The monoisotopic (exact) mass is 469 g/mol. The molecule has 1 saturated heterocycles. The van der Waals surface area contributed by atoms with Gasteiger partial charge in [-0.1, -0.05) is 17.4 Å². The van der Waals surface area contributed by atoms with Gasteiger partial charge in [0.2, 0.25) is 0 Å². The molecule has 1 amide bonds. The van der Waals surface area contributed by atoms with Crippen molar-refractivity contribution < 1.29 is 19.0 Å². The number of thiazole rings is 1. The van der Waals surface area contributed by atoms with E-state index in [1.54, 1.807) is 16.2 Å². The molecule has 1 aliphatic heterocycles. The molecule has 0 bridgehead atoms. The van der Waals surface area contributed by atoms with Crippen molar-refractivity contribution in [3.63, 3.8) is 0 Å². The highest BCUT2D eigenvalue weighted by molar-refractivity contribution is 7.22. The second kappa shape index (κ2) is 11.0. The maximum absolute atomic E-state index is 13.3. The maximum Gasteiger partial charge on any atom is 0.266 e. The second-order valence-corrected chi connectivity index (χ2v) is 9.05. The van der Waals surface area contributed by atoms with Crippen LogP contribution in [0.1, 0.15) is 18.1 Å². The van der Waals surface area contributed by atoms with Gasteiger partial charge < -0.3 is 14.2 Å². The van der Waals surface area contributed by atoms with Crippen LogP contribution in [0.25, 0.3) is 10.2 Å². The molecular weight excluding hydrogens is 438 g/mol. The van der Waals surface area contributed by atoms with Gasteiger partial charge in [-0.3, -0.25) is 14.6 Å². The number of hydrogen-bond donors (Lipinski definition) is 0. The number of rotatable bonds is 9. The van der Waals surface area contributed by atoms with Crippen LogP contribution in [0, 0.1) is 13.8 Å². The number of ether oxygens (including phenoxy) is 3. The molecule has 1 aliphatic rings. The number of aryl methyl sites for hydroxylation is 2. The van der Waals surface area contributed by atoms with E-state index in [1.807, 2.05) is 31.2 Å². The van der Waals surface area contributed by atoms with Gasteiger partial charge in [-0.05, 0) is 62.2 Å². The summed E-state index contributed by atoms with van der Waals surface area (Å²) in [6.45, 7) is 11.2. The lowest BCUT2D eigenvalue weighted by Gasteiger charge is -2.29. The predicted octanol–water partition coefficient (Wildman–Crippen LogP) is 4.06. The molecule has 176 valence electrons. The van der Waals surface area contributed by atoms with Crippen LogP contribution >= 0.6 is 11.3 Å². The van der Waals surface area contributed by atoms with Crippen molar-refractivity contribution >= 4 is 32.6 Å². The Kier molecular flexibility index (Phi) is 7.80. The Labute approximate surface area is 198 Å². The van der Waals surface area contributed by atoms with Gasteiger partial charge in [-0.25, -0.2) is 4.98 Å². The number of fused-ring (bicyclic) bond motifs is 1. The molecule has 0 radical (unpaired) electrons. The number of hydrogen-bond acceptors (Lipinski definition) is 7. The molecule has 1 aromatic heterocycles. The lowest BCUT2D eigenvalue weighted by Crippen LogP contribution is -2.44. The number of carbonyl (C=O) groups excluding carboxylic acids is 1. The lowest BCUT2D eigenvalue weighted by atomic mass is 10.1. The fourth-order valence-corrected chi connectivity index (χ4v) is 4.81. The van der Waals surface area contributed by atoms with E-state index in [0.29, 0.717) is 24.0 Å². The Balaban J connectivity index is 1.50. The van der Waals surface area contributed by atoms with Crippen molar-refractivity contribution in [3.8, 4) is 11.5 Å².